The molecular weight excluding hydrogens is 345 g/mol. The molecule has 1 amide bonds. The van der Waals surface area contributed by atoms with Crippen LogP contribution in [0.4, 0.5) is 4.39 Å². The topological polar surface area (TPSA) is 72.5 Å². The van der Waals surface area contributed by atoms with Crippen molar-refractivity contribution >= 4 is 22.7 Å². The number of rotatable bonds is 7. The zero-order valence-corrected chi connectivity index (χ0v) is 14.5. The minimum atomic E-state index is -1.12. The van der Waals surface area contributed by atoms with Gasteiger partial charge in [0, 0.05) is 28.5 Å². The molecule has 0 aliphatic carbocycles. The first-order valence-corrected chi connectivity index (χ1v) is 9.13. The normalized spacial score (nSPS) is 11.6. The molecule has 25 heavy (non-hydrogen) atoms. The third-order valence-corrected chi connectivity index (χ3v) is 4.34. The highest BCUT2D eigenvalue weighted by Gasteiger charge is 2.10. The third-order valence-electron chi connectivity index (χ3n) is 3.41. The lowest BCUT2D eigenvalue weighted by Crippen LogP contribution is -2.30. The predicted octanol–water partition coefficient (Wildman–Crippen LogP) is 2.08. The monoisotopic (exact) mass is 363 g/mol. The van der Waals surface area contributed by atoms with Crippen molar-refractivity contribution in [3.8, 4) is 0 Å². The molecule has 132 valence electrons. The van der Waals surface area contributed by atoms with Gasteiger partial charge in [-0.3, -0.25) is 9.00 Å². The Hall–Kier alpha value is -2.54. The number of ether oxygens (including phenoxy) is 1. The fourth-order valence-electron chi connectivity index (χ4n) is 2.05. The number of nitrogens with one attached hydrogen (secondary N) is 1. The van der Waals surface area contributed by atoms with Crippen molar-refractivity contribution in [2.75, 3.05) is 19.4 Å². The minimum absolute atomic E-state index is 0.285. The predicted molar refractivity (Wildman–Crippen MR) is 92.2 cm³/mol. The van der Waals surface area contributed by atoms with Crippen molar-refractivity contribution in [2.24, 2.45) is 0 Å². The fraction of sp³-hybridized carbons (Fsp3) is 0.222. The number of carbonyl (C=O) groups is 2. The molecule has 1 N–H and O–H groups in total. The van der Waals surface area contributed by atoms with Crippen LogP contribution in [0, 0.1) is 5.82 Å². The van der Waals surface area contributed by atoms with E-state index in [4.69, 9.17) is 4.74 Å². The molecule has 1 unspecified atom stereocenters. The number of benzene rings is 2. The van der Waals surface area contributed by atoms with Gasteiger partial charge in [-0.15, -0.1) is 0 Å². The molecule has 0 bridgehead atoms. The molecule has 7 heteroatoms. The van der Waals surface area contributed by atoms with Gasteiger partial charge in [-0.1, -0.05) is 12.1 Å². The second-order valence-corrected chi connectivity index (χ2v) is 6.66. The summed E-state index contributed by atoms with van der Waals surface area (Å²) in [5, 5.41) is 2.63. The second kappa shape index (κ2) is 9.08. The van der Waals surface area contributed by atoms with Gasteiger partial charge in [0.1, 0.15) is 5.82 Å². The molecule has 0 spiro atoms. The quantitative estimate of drug-likeness (QED) is 0.765. The van der Waals surface area contributed by atoms with Crippen LogP contribution in [0.15, 0.2) is 53.4 Å². The molecule has 0 fully saturated rings. The Morgan fingerprint density at radius 1 is 1.08 bits per heavy atom. The smallest absolute Gasteiger partial charge is 0.338 e. The Morgan fingerprint density at radius 3 is 2.32 bits per heavy atom. The van der Waals surface area contributed by atoms with E-state index in [1.807, 2.05) is 0 Å². The number of amides is 1. The molecule has 0 saturated heterocycles. The van der Waals surface area contributed by atoms with E-state index in [1.165, 1.54) is 24.3 Å². The SMILES string of the molecule is CS(=O)c1ccc(C(=O)OCC(=O)NCCc2ccc(F)cc2)cc1. The van der Waals surface area contributed by atoms with Crippen LogP contribution in [0.25, 0.3) is 0 Å². The highest BCUT2D eigenvalue weighted by molar-refractivity contribution is 7.84. The molecule has 1 atom stereocenters. The van der Waals surface area contributed by atoms with Crippen LogP contribution in [0.5, 0.6) is 0 Å². The van der Waals surface area contributed by atoms with E-state index < -0.39 is 22.7 Å². The molecule has 2 rings (SSSR count). The van der Waals surface area contributed by atoms with Gasteiger partial charge in [-0.2, -0.15) is 0 Å². The number of hydrogen-bond acceptors (Lipinski definition) is 4. The van der Waals surface area contributed by atoms with E-state index in [9.17, 15) is 18.2 Å². The molecule has 0 radical (unpaired) electrons. The molecule has 2 aromatic carbocycles. The maximum absolute atomic E-state index is 12.8. The Kier molecular flexibility index (Phi) is 6.82. The fourth-order valence-corrected chi connectivity index (χ4v) is 2.56. The van der Waals surface area contributed by atoms with Crippen LogP contribution in [-0.4, -0.2) is 35.5 Å². The van der Waals surface area contributed by atoms with Gasteiger partial charge in [0.15, 0.2) is 6.61 Å². The van der Waals surface area contributed by atoms with Crippen molar-refractivity contribution in [3.05, 3.63) is 65.5 Å². The number of carbonyl (C=O) groups excluding carboxylic acids is 2. The zero-order valence-electron chi connectivity index (χ0n) is 13.7. The van der Waals surface area contributed by atoms with E-state index in [0.29, 0.717) is 17.9 Å². The van der Waals surface area contributed by atoms with Crippen LogP contribution in [0.2, 0.25) is 0 Å². The van der Waals surface area contributed by atoms with Gasteiger partial charge in [-0.05, 0) is 48.4 Å². The summed E-state index contributed by atoms with van der Waals surface area (Å²) in [4.78, 5) is 24.1. The van der Waals surface area contributed by atoms with Crippen LogP contribution in [0.3, 0.4) is 0 Å². The minimum Gasteiger partial charge on any atom is -0.452 e. The van der Waals surface area contributed by atoms with Crippen molar-refractivity contribution < 1.29 is 22.9 Å². The molecule has 5 nitrogen and oxygen atoms in total. The highest BCUT2D eigenvalue weighted by Crippen LogP contribution is 2.08. The lowest BCUT2D eigenvalue weighted by molar-refractivity contribution is -0.124. The largest absolute Gasteiger partial charge is 0.452 e. The van der Waals surface area contributed by atoms with Crippen LogP contribution >= 0.6 is 0 Å². The Bertz CT molecular complexity index is 760. The van der Waals surface area contributed by atoms with Crippen molar-refractivity contribution in [3.63, 3.8) is 0 Å². The van der Waals surface area contributed by atoms with E-state index in [2.05, 4.69) is 5.32 Å². The van der Waals surface area contributed by atoms with Crippen LogP contribution in [-0.2, 0) is 26.8 Å². The standard InChI is InChI=1S/C18H18FNO4S/c1-25(23)16-8-4-14(5-9-16)18(22)24-12-17(21)20-11-10-13-2-6-15(19)7-3-13/h2-9H,10-12H2,1H3,(H,20,21). The molecule has 0 saturated carbocycles. The first-order chi connectivity index (χ1) is 12.0. The average molecular weight is 363 g/mol. The Balaban J connectivity index is 1.72. The summed E-state index contributed by atoms with van der Waals surface area (Å²) in [7, 11) is -1.12. The van der Waals surface area contributed by atoms with Crippen LogP contribution < -0.4 is 5.32 Å². The maximum Gasteiger partial charge on any atom is 0.338 e. The lowest BCUT2D eigenvalue weighted by atomic mass is 10.1. The number of hydrogen-bond donors (Lipinski definition) is 1. The van der Waals surface area contributed by atoms with E-state index >= 15 is 0 Å². The highest BCUT2D eigenvalue weighted by atomic mass is 32.2. The van der Waals surface area contributed by atoms with Gasteiger partial charge >= 0.3 is 5.97 Å². The van der Waals surface area contributed by atoms with Gasteiger partial charge in [0.25, 0.3) is 5.91 Å². The summed E-state index contributed by atoms with van der Waals surface area (Å²) in [5.41, 5.74) is 1.18. The van der Waals surface area contributed by atoms with Gasteiger partial charge in [0.2, 0.25) is 0 Å². The van der Waals surface area contributed by atoms with Gasteiger partial charge in [0.05, 0.1) is 5.56 Å². The summed E-state index contributed by atoms with van der Waals surface area (Å²) in [5.74, 6) is -1.35. The summed E-state index contributed by atoms with van der Waals surface area (Å²) in [6, 6.07) is 12.2. The van der Waals surface area contributed by atoms with E-state index in [1.54, 1.807) is 30.5 Å². The van der Waals surface area contributed by atoms with E-state index in [-0.39, 0.29) is 18.0 Å². The van der Waals surface area contributed by atoms with Crippen molar-refractivity contribution in [2.45, 2.75) is 11.3 Å². The molecule has 2 aromatic rings. The lowest BCUT2D eigenvalue weighted by Gasteiger charge is -2.07. The van der Waals surface area contributed by atoms with Crippen molar-refractivity contribution in [1.82, 2.24) is 5.32 Å². The summed E-state index contributed by atoms with van der Waals surface area (Å²) in [6.45, 7) is -0.0251. The van der Waals surface area contributed by atoms with Crippen molar-refractivity contribution in [1.29, 1.82) is 0 Å². The molecule has 0 heterocycles. The van der Waals surface area contributed by atoms with E-state index in [0.717, 1.165) is 5.56 Å². The first-order valence-electron chi connectivity index (χ1n) is 7.57. The summed E-state index contributed by atoms with van der Waals surface area (Å²) < 4.78 is 29.0. The number of halogens is 1. The zero-order chi connectivity index (χ0) is 18.2. The third kappa shape index (κ3) is 6.11. The van der Waals surface area contributed by atoms with Crippen LogP contribution in [0.1, 0.15) is 15.9 Å². The maximum atomic E-state index is 12.8. The molecule has 0 aliphatic heterocycles. The molecule has 0 aliphatic rings. The van der Waals surface area contributed by atoms with Gasteiger partial charge < -0.3 is 10.1 Å². The summed E-state index contributed by atoms with van der Waals surface area (Å²) >= 11 is 0. The number of esters is 1. The molecular formula is C18H18FNO4S. The Morgan fingerprint density at radius 2 is 1.72 bits per heavy atom. The molecule has 0 aromatic heterocycles. The first kappa shape index (κ1) is 18.8. The van der Waals surface area contributed by atoms with Gasteiger partial charge in [-0.25, -0.2) is 9.18 Å². The summed E-state index contributed by atoms with van der Waals surface area (Å²) in [6.07, 6.45) is 2.10. The average Bonchev–Trinajstić information content (AvgIpc) is 2.61. The second-order valence-electron chi connectivity index (χ2n) is 5.28. The Labute approximate surface area is 147 Å².